The summed E-state index contributed by atoms with van der Waals surface area (Å²) in [6.45, 7) is 1.97. The lowest BCUT2D eigenvalue weighted by molar-refractivity contribution is -0.137. The first kappa shape index (κ1) is 9.37. The summed E-state index contributed by atoms with van der Waals surface area (Å²) in [4.78, 5) is 14.7. The maximum absolute atomic E-state index is 12.6. The van der Waals surface area contributed by atoms with Crippen molar-refractivity contribution in [1.29, 1.82) is 0 Å². The van der Waals surface area contributed by atoms with Gasteiger partial charge in [0.15, 0.2) is 0 Å². The normalized spacial score (nSPS) is 57.6. The standard InChI is InChI=1S/C14H20N2O/c17-14(16-5-9-4-10(6-16)15-9)13-11-7-1-2-8(3-7)12(11)13/h7-13,15H,1-6H2. The van der Waals surface area contributed by atoms with Gasteiger partial charge in [-0.25, -0.2) is 0 Å². The molecule has 6 fully saturated rings. The highest BCUT2D eigenvalue weighted by Crippen LogP contribution is 2.69. The van der Waals surface area contributed by atoms with Crippen molar-refractivity contribution in [2.45, 2.75) is 37.8 Å². The molecule has 92 valence electrons. The second-order valence-corrected chi connectivity index (χ2v) is 7.05. The van der Waals surface area contributed by atoms with E-state index in [4.69, 9.17) is 0 Å². The molecule has 0 radical (unpaired) electrons. The fourth-order valence-electron chi connectivity index (χ4n) is 5.56. The minimum absolute atomic E-state index is 0.457. The Morgan fingerprint density at radius 3 is 2.18 bits per heavy atom. The second kappa shape index (κ2) is 2.87. The molecule has 3 heteroatoms. The van der Waals surface area contributed by atoms with Crippen molar-refractivity contribution in [2.24, 2.45) is 29.6 Å². The molecule has 6 atom stereocenters. The monoisotopic (exact) mass is 232 g/mol. The van der Waals surface area contributed by atoms with E-state index in [2.05, 4.69) is 10.2 Å². The number of amides is 1. The van der Waals surface area contributed by atoms with Crippen LogP contribution in [0.1, 0.15) is 25.7 Å². The summed E-state index contributed by atoms with van der Waals surface area (Å²) in [7, 11) is 0. The lowest BCUT2D eigenvalue weighted by Crippen LogP contribution is -2.67. The fourth-order valence-corrected chi connectivity index (χ4v) is 5.56. The average Bonchev–Trinajstić information content (AvgIpc) is 2.75. The molecule has 0 aromatic heterocycles. The Morgan fingerprint density at radius 2 is 1.59 bits per heavy atom. The summed E-state index contributed by atoms with van der Waals surface area (Å²) in [6, 6.07) is 1.24. The molecule has 3 heterocycles. The summed E-state index contributed by atoms with van der Waals surface area (Å²) >= 11 is 0. The third-order valence-electron chi connectivity index (χ3n) is 6.25. The van der Waals surface area contributed by atoms with E-state index in [1.807, 2.05) is 0 Å². The molecule has 4 bridgehead atoms. The zero-order valence-electron chi connectivity index (χ0n) is 10.1. The van der Waals surface area contributed by atoms with Gasteiger partial charge in [-0.1, -0.05) is 0 Å². The van der Waals surface area contributed by atoms with Gasteiger partial charge in [-0.2, -0.15) is 0 Å². The zero-order valence-corrected chi connectivity index (χ0v) is 10.1. The molecule has 1 amide bonds. The number of rotatable bonds is 1. The van der Waals surface area contributed by atoms with Gasteiger partial charge in [-0.15, -0.1) is 0 Å². The van der Waals surface area contributed by atoms with Crippen LogP contribution in [0.25, 0.3) is 0 Å². The first-order chi connectivity index (χ1) is 8.31. The topological polar surface area (TPSA) is 32.3 Å². The van der Waals surface area contributed by atoms with Crippen molar-refractivity contribution >= 4 is 5.91 Å². The Kier molecular flexibility index (Phi) is 1.58. The first-order valence-electron chi connectivity index (χ1n) is 7.36. The molecule has 6 rings (SSSR count). The Hall–Kier alpha value is -0.570. The molecule has 3 saturated carbocycles. The van der Waals surface area contributed by atoms with Crippen LogP contribution in [0.5, 0.6) is 0 Å². The molecule has 3 saturated heterocycles. The van der Waals surface area contributed by atoms with E-state index < -0.39 is 0 Å². The third-order valence-corrected chi connectivity index (χ3v) is 6.25. The molecular formula is C14H20N2O. The van der Waals surface area contributed by atoms with E-state index in [-0.39, 0.29) is 0 Å². The summed E-state index contributed by atoms with van der Waals surface area (Å²) in [5.41, 5.74) is 0. The smallest absolute Gasteiger partial charge is 0.226 e. The summed E-state index contributed by atoms with van der Waals surface area (Å²) in [6.07, 6.45) is 5.59. The van der Waals surface area contributed by atoms with Gasteiger partial charge in [-0.05, 0) is 49.4 Å². The van der Waals surface area contributed by atoms with Gasteiger partial charge >= 0.3 is 0 Å². The molecule has 6 aliphatic rings. The van der Waals surface area contributed by atoms with Gasteiger partial charge in [0.1, 0.15) is 0 Å². The van der Waals surface area contributed by atoms with Crippen LogP contribution in [-0.2, 0) is 4.79 Å². The number of hydrogen-bond donors (Lipinski definition) is 1. The number of nitrogens with zero attached hydrogens (tertiary/aromatic N) is 1. The van der Waals surface area contributed by atoms with E-state index in [0.29, 0.717) is 23.9 Å². The maximum atomic E-state index is 12.6. The number of piperidine rings is 1. The van der Waals surface area contributed by atoms with Gasteiger partial charge in [0, 0.05) is 31.1 Å². The molecule has 3 aliphatic carbocycles. The summed E-state index contributed by atoms with van der Waals surface area (Å²) < 4.78 is 0. The number of fused-ring (bicyclic) bond motifs is 7. The number of carbonyl (C=O) groups is 1. The van der Waals surface area contributed by atoms with Crippen molar-refractivity contribution in [3.8, 4) is 0 Å². The SMILES string of the molecule is O=C(C1C2C3CCC(C3)C12)N1CC2CC(C1)N2. The molecule has 3 nitrogen and oxygen atoms in total. The molecular weight excluding hydrogens is 212 g/mol. The number of carbonyl (C=O) groups excluding carboxylic acids is 1. The third kappa shape index (κ3) is 1.09. The summed E-state index contributed by atoms with van der Waals surface area (Å²) in [5.74, 6) is 4.46. The Bertz CT molecular complexity index is 364. The maximum Gasteiger partial charge on any atom is 0.226 e. The quantitative estimate of drug-likeness (QED) is 0.727. The Labute approximate surface area is 102 Å². The zero-order chi connectivity index (χ0) is 11.1. The molecule has 17 heavy (non-hydrogen) atoms. The van der Waals surface area contributed by atoms with E-state index in [1.165, 1.54) is 25.7 Å². The summed E-state index contributed by atoms with van der Waals surface area (Å²) in [5, 5.41) is 3.51. The van der Waals surface area contributed by atoms with Gasteiger partial charge < -0.3 is 10.2 Å². The molecule has 6 unspecified atom stereocenters. The Morgan fingerprint density at radius 1 is 1.00 bits per heavy atom. The number of nitrogens with one attached hydrogen (secondary N) is 1. The van der Waals surface area contributed by atoms with Crippen molar-refractivity contribution in [3.05, 3.63) is 0 Å². The number of piperazine rings is 1. The van der Waals surface area contributed by atoms with Crippen LogP contribution >= 0.6 is 0 Å². The molecule has 0 spiro atoms. The van der Waals surface area contributed by atoms with Crippen molar-refractivity contribution in [2.75, 3.05) is 13.1 Å². The lowest BCUT2D eigenvalue weighted by atomic mass is 9.90. The minimum Gasteiger partial charge on any atom is -0.339 e. The van der Waals surface area contributed by atoms with Gasteiger partial charge in [0.05, 0.1) is 0 Å². The highest BCUT2D eigenvalue weighted by atomic mass is 16.2. The van der Waals surface area contributed by atoms with E-state index in [1.54, 1.807) is 0 Å². The highest BCUT2D eigenvalue weighted by Gasteiger charge is 2.68. The molecule has 3 aliphatic heterocycles. The molecule has 0 aromatic rings. The van der Waals surface area contributed by atoms with Crippen LogP contribution in [0, 0.1) is 29.6 Å². The van der Waals surface area contributed by atoms with Crippen LogP contribution < -0.4 is 5.32 Å². The second-order valence-electron chi connectivity index (χ2n) is 7.05. The predicted octanol–water partition coefficient (Wildman–Crippen LogP) is 0.851. The van der Waals surface area contributed by atoms with Crippen LogP contribution in [0.15, 0.2) is 0 Å². The molecule has 0 aromatic carbocycles. The number of hydrogen-bond acceptors (Lipinski definition) is 2. The lowest BCUT2D eigenvalue weighted by Gasteiger charge is -2.48. The van der Waals surface area contributed by atoms with Gasteiger partial charge in [0.2, 0.25) is 5.91 Å². The van der Waals surface area contributed by atoms with Gasteiger partial charge in [-0.3, -0.25) is 4.79 Å². The van der Waals surface area contributed by atoms with Crippen molar-refractivity contribution < 1.29 is 4.79 Å². The van der Waals surface area contributed by atoms with E-state index in [0.717, 1.165) is 36.8 Å². The first-order valence-corrected chi connectivity index (χ1v) is 7.36. The Balaban J connectivity index is 1.33. The van der Waals surface area contributed by atoms with Crippen LogP contribution in [0.4, 0.5) is 0 Å². The molecule has 1 N–H and O–H groups in total. The largest absolute Gasteiger partial charge is 0.339 e. The van der Waals surface area contributed by atoms with E-state index in [9.17, 15) is 4.79 Å². The fraction of sp³-hybridized carbons (Fsp3) is 0.929. The van der Waals surface area contributed by atoms with Crippen molar-refractivity contribution in [3.63, 3.8) is 0 Å². The van der Waals surface area contributed by atoms with E-state index >= 15 is 0 Å². The average molecular weight is 232 g/mol. The predicted molar refractivity (Wildman–Crippen MR) is 63.2 cm³/mol. The van der Waals surface area contributed by atoms with Crippen LogP contribution in [0.3, 0.4) is 0 Å². The van der Waals surface area contributed by atoms with Crippen LogP contribution in [0.2, 0.25) is 0 Å². The van der Waals surface area contributed by atoms with Gasteiger partial charge in [0.25, 0.3) is 0 Å². The van der Waals surface area contributed by atoms with Crippen LogP contribution in [-0.4, -0.2) is 36.0 Å². The van der Waals surface area contributed by atoms with Crippen molar-refractivity contribution in [1.82, 2.24) is 10.2 Å². The highest BCUT2D eigenvalue weighted by molar-refractivity contribution is 5.83. The minimum atomic E-state index is 0.457.